The van der Waals surface area contributed by atoms with Crippen LogP contribution in [0, 0.1) is 12.7 Å². The number of hydrogen-bond donors (Lipinski definition) is 1. The Morgan fingerprint density at radius 2 is 2.18 bits per heavy atom. The van der Waals surface area contributed by atoms with Crippen LogP contribution >= 0.6 is 0 Å². The largest absolute Gasteiger partial charge is 0.377 e. The summed E-state index contributed by atoms with van der Waals surface area (Å²) in [5, 5.41) is 7.26. The molecule has 0 unspecified atom stereocenters. The first-order valence-corrected chi connectivity index (χ1v) is 5.71. The highest BCUT2D eigenvalue weighted by Crippen LogP contribution is 2.16. The molecule has 0 atom stereocenters. The number of nitrogens with zero attached hydrogens (tertiary/aromatic N) is 2. The van der Waals surface area contributed by atoms with Gasteiger partial charge in [0.25, 0.3) is 0 Å². The van der Waals surface area contributed by atoms with Crippen LogP contribution in [0.4, 0.5) is 10.1 Å². The topological polar surface area (TPSA) is 29.9 Å². The van der Waals surface area contributed by atoms with E-state index in [0.29, 0.717) is 12.2 Å². The molecule has 4 heteroatoms. The Morgan fingerprint density at radius 1 is 1.35 bits per heavy atom. The van der Waals surface area contributed by atoms with Crippen molar-refractivity contribution in [3.8, 4) is 0 Å². The number of aromatic nitrogens is 2. The molecule has 17 heavy (non-hydrogen) atoms. The molecule has 0 amide bonds. The van der Waals surface area contributed by atoms with Crippen LogP contribution < -0.4 is 5.32 Å². The van der Waals surface area contributed by atoms with Gasteiger partial charge in [-0.05, 0) is 37.6 Å². The number of aryl methyl sites for hydroxylation is 2. The van der Waals surface area contributed by atoms with Crippen LogP contribution in [0.25, 0.3) is 0 Å². The SMILES string of the molecule is CCn1nccc1CNc1cc(C)ccc1F. The number of benzene rings is 1. The minimum Gasteiger partial charge on any atom is -0.377 e. The van der Waals surface area contributed by atoms with Gasteiger partial charge in [0, 0.05) is 12.7 Å². The summed E-state index contributed by atoms with van der Waals surface area (Å²) in [5.41, 5.74) is 2.63. The Bertz CT molecular complexity index is 505. The van der Waals surface area contributed by atoms with Gasteiger partial charge in [-0.25, -0.2) is 4.39 Å². The van der Waals surface area contributed by atoms with Crippen molar-refractivity contribution >= 4 is 5.69 Å². The van der Waals surface area contributed by atoms with Crippen LogP contribution in [0.5, 0.6) is 0 Å². The quantitative estimate of drug-likeness (QED) is 0.879. The third kappa shape index (κ3) is 2.64. The zero-order chi connectivity index (χ0) is 12.3. The van der Waals surface area contributed by atoms with E-state index < -0.39 is 0 Å². The molecular formula is C13H16FN3. The molecule has 1 aromatic carbocycles. The van der Waals surface area contributed by atoms with Crippen molar-refractivity contribution in [1.82, 2.24) is 9.78 Å². The van der Waals surface area contributed by atoms with Crippen molar-refractivity contribution in [1.29, 1.82) is 0 Å². The number of nitrogens with one attached hydrogen (secondary N) is 1. The van der Waals surface area contributed by atoms with Gasteiger partial charge in [-0.3, -0.25) is 4.68 Å². The maximum absolute atomic E-state index is 13.5. The summed E-state index contributed by atoms with van der Waals surface area (Å²) in [6.45, 7) is 5.37. The molecule has 1 N–H and O–H groups in total. The molecule has 0 radical (unpaired) electrons. The molecule has 3 nitrogen and oxygen atoms in total. The lowest BCUT2D eigenvalue weighted by atomic mass is 10.2. The second kappa shape index (κ2) is 4.99. The van der Waals surface area contributed by atoms with E-state index in [1.54, 1.807) is 12.3 Å². The summed E-state index contributed by atoms with van der Waals surface area (Å²) >= 11 is 0. The van der Waals surface area contributed by atoms with Gasteiger partial charge >= 0.3 is 0 Å². The van der Waals surface area contributed by atoms with Gasteiger partial charge in [-0.1, -0.05) is 6.07 Å². The lowest BCUT2D eigenvalue weighted by Gasteiger charge is -2.09. The summed E-state index contributed by atoms with van der Waals surface area (Å²) in [6, 6.07) is 6.98. The molecule has 0 aliphatic carbocycles. The number of anilines is 1. The third-order valence-electron chi connectivity index (χ3n) is 2.69. The average Bonchev–Trinajstić information content (AvgIpc) is 2.77. The van der Waals surface area contributed by atoms with Crippen LogP contribution in [0.1, 0.15) is 18.2 Å². The Balaban J connectivity index is 2.09. The average molecular weight is 233 g/mol. The van der Waals surface area contributed by atoms with Gasteiger partial charge < -0.3 is 5.32 Å². The van der Waals surface area contributed by atoms with E-state index in [4.69, 9.17) is 0 Å². The number of rotatable bonds is 4. The molecule has 0 saturated heterocycles. The number of hydrogen-bond acceptors (Lipinski definition) is 2. The van der Waals surface area contributed by atoms with Crippen LogP contribution in [-0.2, 0) is 13.1 Å². The molecule has 0 fully saturated rings. The zero-order valence-corrected chi connectivity index (χ0v) is 10.1. The Morgan fingerprint density at radius 3 is 2.94 bits per heavy atom. The first kappa shape index (κ1) is 11.6. The smallest absolute Gasteiger partial charge is 0.146 e. The van der Waals surface area contributed by atoms with Crippen molar-refractivity contribution in [3.63, 3.8) is 0 Å². The van der Waals surface area contributed by atoms with Crippen LogP contribution in [0.2, 0.25) is 0 Å². The van der Waals surface area contributed by atoms with Gasteiger partial charge in [0.15, 0.2) is 0 Å². The van der Waals surface area contributed by atoms with Crippen molar-refractivity contribution < 1.29 is 4.39 Å². The zero-order valence-electron chi connectivity index (χ0n) is 10.1. The minimum absolute atomic E-state index is 0.224. The molecule has 1 aromatic heterocycles. The van der Waals surface area contributed by atoms with E-state index in [2.05, 4.69) is 10.4 Å². The Labute approximate surface area is 100 Å². The van der Waals surface area contributed by atoms with Crippen molar-refractivity contribution in [3.05, 3.63) is 47.5 Å². The molecule has 2 rings (SSSR count). The minimum atomic E-state index is -0.224. The first-order valence-electron chi connectivity index (χ1n) is 5.71. The predicted octanol–water partition coefficient (Wildman–Crippen LogP) is 2.96. The van der Waals surface area contributed by atoms with Crippen molar-refractivity contribution in [2.24, 2.45) is 0 Å². The van der Waals surface area contributed by atoms with Gasteiger partial charge in [-0.2, -0.15) is 5.10 Å². The summed E-state index contributed by atoms with van der Waals surface area (Å²) in [7, 11) is 0. The first-order chi connectivity index (χ1) is 8.20. The lowest BCUT2D eigenvalue weighted by molar-refractivity contribution is 0.619. The lowest BCUT2D eigenvalue weighted by Crippen LogP contribution is -2.08. The van der Waals surface area contributed by atoms with Gasteiger partial charge in [0.05, 0.1) is 17.9 Å². The summed E-state index contributed by atoms with van der Waals surface area (Å²) < 4.78 is 15.4. The van der Waals surface area contributed by atoms with Gasteiger partial charge in [0.1, 0.15) is 5.82 Å². The fourth-order valence-electron chi connectivity index (χ4n) is 1.76. The highest BCUT2D eigenvalue weighted by Gasteiger charge is 2.04. The second-order valence-electron chi connectivity index (χ2n) is 3.98. The fourth-order valence-corrected chi connectivity index (χ4v) is 1.76. The molecule has 0 spiro atoms. The second-order valence-corrected chi connectivity index (χ2v) is 3.98. The van der Waals surface area contributed by atoms with Crippen LogP contribution in [-0.4, -0.2) is 9.78 Å². The van der Waals surface area contributed by atoms with E-state index in [1.165, 1.54) is 6.07 Å². The molecule has 0 saturated carbocycles. The van der Waals surface area contributed by atoms with Gasteiger partial charge in [-0.15, -0.1) is 0 Å². The van der Waals surface area contributed by atoms with Crippen molar-refractivity contribution in [2.75, 3.05) is 5.32 Å². The van der Waals surface area contributed by atoms with E-state index in [9.17, 15) is 4.39 Å². The van der Waals surface area contributed by atoms with Gasteiger partial charge in [0.2, 0.25) is 0 Å². The molecule has 0 aliphatic rings. The van der Waals surface area contributed by atoms with E-state index in [1.807, 2.05) is 30.7 Å². The summed E-state index contributed by atoms with van der Waals surface area (Å²) in [6.07, 6.45) is 1.76. The summed E-state index contributed by atoms with van der Waals surface area (Å²) in [5.74, 6) is -0.224. The monoisotopic (exact) mass is 233 g/mol. The molecule has 0 bridgehead atoms. The molecule has 90 valence electrons. The van der Waals surface area contributed by atoms with Crippen LogP contribution in [0.15, 0.2) is 30.5 Å². The molecular weight excluding hydrogens is 217 g/mol. The van der Waals surface area contributed by atoms with E-state index >= 15 is 0 Å². The third-order valence-corrected chi connectivity index (χ3v) is 2.69. The molecule has 0 aliphatic heterocycles. The normalized spacial score (nSPS) is 10.5. The highest BCUT2D eigenvalue weighted by molar-refractivity contribution is 5.47. The fraction of sp³-hybridized carbons (Fsp3) is 0.308. The number of halogens is 1. The molecule has 2 aromatic rings. The highest BCUT2D eigenvalue weighted by atomic mass is 19.1. The maximum Gasteiger partial charge on any atom is 0.146 e. The van der Waals surface area contributed by atoms with E-state index in [0.717, 1.165) is 17.8 Å². The Kier molecular flexibility index (Phi) is 3.42. The van der Waals surface area contributed by atoms with Crippen molar-refractivity contribution in [2.45, 2.75) is 26.9 Å². The predicted molar refractivity (Wildman–Crippen MR) is 66.4 cm³/mol. The van der Waals surface area contributed by atoms with Crippen LogP contribution in [0.3, 0.4) is 0 Å². The Hall–Kier alpha value is -1.84. The summed E-state index contributed by atoms with van der Waals surface area (Å²) in [4.78, 5) is 0. The van der Waals surface area contributed by atoms with E-state index in [-0.39, 0.29) is 5.82 Å². The molecule has 1 heterocycles. The maximum atomic E-state index is 13.5. The standard InChI is InChI=1S/C13H16FN3/c1-3-17-11(6-7-16-17)9-15-13-8-10(2)4-5-12(13)14/h4-8,15H,3,9H2,1-2H3.